The van der Waals surface area contributed by atoms with E-state index >= 15 is 0 Å². The molecule has 0 spiro atoms. The number of primary amides is 2. The van der Waals surface area contributed by atoms with Crippen molar-refractivity contribution in [2.24, 2.45) is 17.4 Å². The highest BCUT2D eigenvalue weighted by Crippen LogP contribution is 2.13. The Morgan fingerprint density at radius 3 is 1.76 bits per heavy atom. The first-order valence-electron chi connectivity index (χ1n) is 14.6. The van der Waals surface area contributed by atoms with Crippen molar-refractivity contribution in [3.63, 3.8) is 0 Å². The van der Waals surface area contributed by atoms with E-state index in [2.05, 4.69) is 22.9 Å². The molecule has 0 saturated carbocycles. The van der Waals surface area contributed by atoms with Gasteiger partial charge in [0, 0.05) is 0 Å². The van der Waals surface area contributed by atoms with Crippen LogP contribution >= 0.6 is 0 Å². The number of amides is 5. The van der Waals surface area contributed by atoms with Gasteiger partial charge in [-0.15, -0.1) is 0 Å². The molecule has 13 nitrogen and oxygen atoms in total. The van der Waals surface area contributed by atoms with Crippen LogP contribution < -0.4 is 27.4 Å². The second-order valence-electron chi connectivity index (χ2n) is 10.9. The van der Waals surface area contributed by atoms with Gasteiger partial charge in [-0.3, -0.25) is 24.0 Å². The zero-order chi connectivity index (χ0) is 31.4. The second-order valence-corrected chi connectivity index (χ2v) is 10.9. The van der Waals surface area contributed by atoms with E-state index in [1.807, 2.05) is 0 Å². The lowest BCUT2D eigenvalue weighted by atomic mass is 10.0. The Morgan fingerprint density at radius 1 is 0.732 bits per heavy atom. The Bertz CT molecular complexity index is 838. The van der Waals surface area contributed by atoms with Gasteiger partial charge in [0.15, 0.2) is 0 Å². The van der Waals surface area contributed by atoms with Crippen molar-refractivity contribution in [1.29, 1.82) is 0 Å². The van der Waals surface area contributed by atoms with Crippen LogP contribution in [0.15, 0.2) is 0 Å². The molecule has 9 N–H and O–H groups in total. The van der Waals surface area contributed by atoms with Crippen molar-refractivity contribution in [2.45, 2.75) is 135 Å². The molecule has 0 radical (unpaired) electrons. The molecular weight excluding hydrogens is 534 g/mol. The number of carbonyl (C=O) groups is 6. The summed E-state index contributed by atoms with van der Waals surface area (Å²) in [6.07, 6.45) is 6.49. The molecule has 0 bridgehead atoms. The van der Waals surface area contributed by atoms with Crippen LogP contribution in [0.5, 0.6) is 0 Å². The maximum atomic E-state index is 13.0. The molecule has 0 aromatic heterocycles. The van der Waals surface area contributed by atoms with Gasteiger partial charge in [0.1, 0.15) is 18.4 Å². The first-order valence-corrected chi connectivity index (χ1v) is 14.6. The van der Waals surface area contributed by atoms with Gasteiger partial charge in [-0.1, -0.05) is 78.6 Å². The van der Waals surface area contributed by atoms with Gasteiger partial charge < -0.3 is 42.4 Å². The molecule has 0 aliphatic carbocycles. The molecule has 5 amide bonds. The number of nitrogens with one attached hydrogen (secondary N) is 3. The Hall–Kier alpha value is -3.06. The lowest BCUT2D eigenvalue weighted by Gasteiger charge is -2.27. The number of hydrogen-bond donors (Lipinski definition) is 7. The zero-order valence-corrected chi connectivity index (χ0v) is 24.7. The van der Waals surface area contributed by atoms with Crippen LogP contribution in [0.2, 0.25) is 0 Å². The van der Waals surface area contributed by atoms with Gasteiger partial charge >= 0.3 is 0 Å². The fourth-order valence-corrected chi connectivity index (χ4v) is 4.20. The van der Waals surface area contributed by atoms with E-state index in [-0.39, 0.29) is 12.3 Å². The number of carbonyl (C=O) groups excluding carboxylic acids is 6. The molecule has 13 heteroatoms. The van der Waals surface area contributed by atoms with Crippen LogP contribution in [-0.2, 0) is 28.8 Å². The third-order valence-electron chi connectivity index (χ3n) is 6.67. The van der Waals surface area contributed by atoms with Crippen molar-refractivity contribution in [3.8, 4) is 0 Å². The topological polar surface area (TPSA) is 231 Å². The number of aldehydes is 1. The minimum absolute atomic E-state index is 0.315. The van der Waals surface area contributed by atoms with Crippen molar-refractivity contribution in [1.82, 2.24) is 16.0 Å². The SMILES string of the molecule is CCCCCCCCCCC[C@@H](O)CC(=O)N[C@@H](CC(N)=O)C(=O)N[C@H](C(=O)NC(C=O)C(C)C)C(O)CC(N)=O. The molecule has 236 valence electrons. The smallest absolute Gasteiger partial charge is 0.245 e. The summed E-state index contributed by atoms with van der Waals surface area (Å²) in [5.74, 6) is -4.93. The van der Waals surface area contributed by atoms with Crippen LogP contribution in [0.4, 0.5) is 0 Å². The van der Waals surface area contributed by atoms with E-state index in [9.17, 15) is 39.0 Å². The third-order valence-corrected chi connectivity index (χ3v) is 6.67. The van der Waals surface area contributed by atoms with Crippen LogP contribution in [0.25, 0.3) is 0 Å². The minimum Gasteiger partial charge on any atom is -0.393 e. The van der Waals surface area contributed by atoms with Crippen LogP contribution in [0, 0.1) is 5.92 Å². The number of nitrogens with two attached hydrogens (primary N) is 2. The van der Waals surface area contributed by atoms with Gasteiger partial charge in [-0.25, -0.2) is 0 Å². The summed E-state index contributed by atoms with van der Waals surface area (Å²) in [7, 11) is 0. The molecule has 0 heterocycles. The predicted molar refractivity (Wildman–Crippen MR) is 153 cm³/mol. The summed E-state index contributed by atoms with van der Waals surface area (Å²) in [5, 5.41) is 27.6. The van der Waals surface area contributed by atoms with Gasteiger partial charge in [-0.2, -0.15) is 0 Å². The summed E-state index contributed by atoms with van der Waals surface area (Å²) < 4.78 is 0. The minimum atomic E-state index is -1.76. The van der Waals surface area contributed by atoms with Gasteiger partial charge in [-0.05, 0) is 12.3 Å². The Morgan fingerprint density at radius 2 is 1.27 bits per heavy atom. The van der Waals surface area contributed by atoms with Crippen molar-refractivity contribution < 1.29 is 39.0 Å². The average molecular weight is 586 g/mol. The first-order chi connectivity index (χ1) is 19.3. The number of hydrogen-bond acceptors (Lipinski definition) is 8. The average Bonchev–Trinajstić information content (AvgIpc) is 2.87. The normalized spacial score (nSPS) is 14.8. The summed E-state index contributed by atoms with van der Waals surface area (Å²) in [6, 6.07) is -4.21. The maximum Gasteiger partial charge on any atom is 0.245 e. The molecule has 41 heavy (non-hydrogen) atoms. The molecule has 2 unspecified atom stereocenters. The van der Waals surface area contributed by atoms with E-state index < -0.39 is 72.7 Å². The van der Waals surface area contributed by atoms with E-state index in [4.69, 9.17) is 11.5 Å². The maximum absolute atomic E-state index is 13.0. The Balaban J connectivity index is 5.10. The Kier molecular flexibility index (Phi) is 20.0. The molecule has 0 rings (SSSR count). The molecule has 0 aliphatic rings. The van der Waals surface area contributed by atoms with E-state index in [0.29, 0.717) is 12.7 Å². The lowest BCUT2D eigenvalue weighted by Crippen LogP contribution is -2.60. The summed E-state index contributed by atoms with van der Waals surface area (Å²) in [6.45, 7) is 5.50. The monoisotopic (exact) mass is 585 g/mol. The lowest BCUT2D eigenvalue weighted by molar-refractivity contribution is -0.137. The summed E-state index contributed by atoms with van der Waals surface area (Å²) in [5.41, 5.74) is 10.3. The summed E-state index contributed by atoms with van der Waals surface area (Å²) in [4.78, 5) is 72.6. The third kappa shape index (κ3) is 18.1. The molecule has 0 saturated heterocycles. The molecule has 5 atom stereocenters. The van der Waals surface area contributed by atoms with E-state index in [0.717, 1.165) is 25.7 Å². The fourth-order valence-electron chi connectivity index (χ4n) is 4.20. The summed E-state index contributed by atoms with van der Waals surface area (Å²) >= 11 is 0. The number of unbranched alkanes of at least 4 members (excludes halogenated alkanes) is 8. The molecular formula is C28H51N5O8. The van der Waals surface area contributed by atoms with Crippen LogP contribution in [0.3, 0.4) is 0 Å². The standard InChI is InChI=1S/C28H51N5O8/c1-4-5-6-7-8-9-10-11-12-13-19(35)14-25(39)31-20(15-23(29)37)27(40)33-26(22(36)16-24(30)38)28(41)32-21(17-34)18(2)3/h17-22,26,35-36H,4-16H2,1-3H3,(H2,29,37)(H2,30,38)(H,31,39)(H,32,41)(H,33,40)/t19-,20+,21?,22?,26+/m1/s1. The largest absolute Gasteiger partial charge is 0.393 e. The fraction of sp³-hybridized carbons (Fsp3) is 0.786. The van der Waals surface area contributed by atoms with E-state index in [1.54, 1.807) is 13.8 Å². The number of aliphatic hydroxyl groups is 2. The molecule has 0 aliphatic heterocycles. The van der Waals surface area contributed by atoms with Gasteiger partial charge in [0.25, 0.3) is 0 Å². The van der Waals surface area contributed by atoms with Crippen LogP contribution in [-0.4, -0.2) is 76.4 Å². The number of aliphatic hydroxyl groups excluding tert-OH is 2. The quantitative estimate of drug-likeness (QED) is 0.0604. The second kappa shape index (κ2) is 21.7. The highest BCUT2D eigenvalue weighted by atomic mass is 16.3. The first kappa shape index (κ1) is 37.9. The van der Waals surface area contributed by atoms with Gasteiger partial charge in [0.2, 0.25) is 29.5 Å². The van der Waals surface area contributed by atoms with Crippen molar-refractivity contribution in [2.75, 3.05) is 0 Å². The van der Waals surface area contributed by atoms with Crippen LogP contribution in [0.1, 0.15) is 104 Å². The molecule has 0 fully saturated rings. The van der Waals surface area contributed by atoms with Gasteiger partial charge in [0.05, 0.1) is 37.5 Å². The molecule has 0 aromatic carbocycles. The highest BCUT2D eigenvalue weighted by Gasteiger charge is 2.34. The van der Waals surface area contributed by atoms with Crippen molar-refractivity contribution >= 4 is 35.8 Å². The highest BCUT2D eigenvalue weighted by molar-refractivity contribution is 5.95. The van der Waals surface area contributed by atoms with E-state index in [1.165, 1.54) is 32.1 Å². The molecule has 0 aromatic rings. The predicted octanol–water partition coefficient (Wildman–Crippen LogP) is 0.0793. The zero-order valence-electron chi connectivity index (χ0n) is 24.7. The van der Waals surface area contributed by atoms with Crippen molar-refractivity contribution in [3.05, 3.63) is 0 Å². The number of rotatable bonds is 24. The Labute approximate surface area is 242 Å².